The second kappa shape index (κ2) is 49.1. The number of allylic oxidation sites excluding steroid dienone is 14. The van der Waals surface area contributed by atoms with E-state index < -0.39 is 18.2 Å². The molecule has 0 spiro atoms. The Bertz CT molecular complexity index is 1200. The molecular weight excluding hydrogens is 767 g/mol. The Morgan fingerprint density at radius 2 is 0.935 bits per heavy atom. The Balaban J connectivity index is 4.64. The number of hydrogen-bond donors (Lipinski definition) is 3. The normalized spacial score (nSPS) is 14.0. The molecule has 3 unspecified atom stereocenters. The van der Waals surface area contributed by atoms with E-state index in [-0.39, 0.29) is 24.9 Å². The lowest BCUT2D eigenvalue weighted by molar-refractivity contribution is -0.151. The zero-order chi connectivity index (χ0) is 45.2. The molecule has 0 saturated heterocycles. The van der Waals surface area contributed by atoms with Crippen LogP contribution in [0.15, 0.2) is 85.1 Å². The fraction of sp³-hybridized carbons (Fsp3) is 0.714. The summed E-state index contributed by atoms with van der Waals surface area (Å²) in [5.74, 6) is -0.581. The highest BCUT2D eigenvalue weighted by atomic mass is 16.5. The molecule has 0 aliphatic heterocycles. The lowest BCUT2D eigenvalue weighted by Gasteiger charge is -2.24. The molecule has 0 fully saturated rings. The molecule has 0 aromatic heterocycles. The largest absolute Gasteiger partial charge is 0.462 e. The number of aliphatic hydroxyl groups is 2. The minimum atomic E-state index is -0.810. The summed E-state index contributed by atoms with van der Waals surface area (Å²) >= 11 is 0. The highest BCUT2D eigenvalue weighted by Crippen LogP contribution is 2.17. The molecule has 0 saturated carbocycles. The summed E-state index contributed by atoms with van der Waals surface area (Å²) < 4.78 is 5.88. The average Bonchev–Trinajstić information content (AvgIpc) is 3.26. The number of amides is 1. The van der Waals surface area contributed by atoms with Gasteiger partial charge in [-0.25, -0.2) is 0 Å². The van der Waals surface area contributed by atoms with E-state index in [9.17, 15) is 19.8 Å². The summed E-state index contributed by atoms with van der Waals surface area (Å²) in [6, 6.07) is -0.728. The van der Waals surface area contributed by atoms with Crippen LogP contribution in [0.3, 0.4) is 0 Å². The van der Waals surface area contributed by atoms with Crippen molar-refractivity contribution >= 4 is 11.9 Å². The molecule has 62 heavy (non-hydrogen) atoms. The summed E-state index contributed by atoms with van der Waals surface area (Å²) in [6.45, 7) is 6.29. The molecule has 0 bridgehead atoms. The summed E-state index contributed by atoms with van der Waals surface area (Å²) in [5, 5.41) is 23.7. The van der Waals surface area contributed by atoms with Crippen molar-refractivity contribution in [3.63, 3.8) is 0 Å². The average molecular weight is 864 g/mol. The monoisotopic (exact) mass is 864 g/mol. The first-order chi connectivity index (χ1) is 30.5. The van der Waals surface area contributed by atoms with Gasteiger partial charge in [0.05, 0.1) is 25.2 Å². The van der Waals surface area contributed by atoms with Gasteiger partial charge in [-0.1, -0.05) is 221 Å². The van der Waals surface area contributed by atoms with Crippen molar-refractivity contribution < 1.29 is 24.5 Å². The van der Waals surface area contributed by atoms with Gasteiger partial charge in [0.2, 0.25) is 5.91 Å². The Hall–Kier alpha value is -2.96. The van der Waals surface area contributed by atoms with Crippen LogP contribution in [0.1, 0.15) is 233 Å². The molecule has 0 heterocycles. The molecule has 0 aromatic carbocycles. The van der Waals surface area contributed by atoms with E-state index in [2.05, 4.69) is 99.0 Å². The van der Waals surface area contributed by atoms with Crippen molar-refractivity contribution in [1.82, 2.24) is 5.32 Å². The van der Waals surface area contributed by atoms with E-state index in [0.717, 1.165) is 77.0 Å². The highest BCUT2D eigenvalue weighted by Gasteiger charge is 2.24. The molecule has 0 aromatic rings. The second-order valence-electron chi connectivity index (χ2n) is 17.2. The predicted molar refractivity (Wildman–Crippen MR) is 268 cm³/mol. The molecule has 3 N–H and O–H groups in total. The molecule has 0 aliphatic rings. The molecule has 6 heteroatoms. The molecule has 6 nitrogen and oxygen atoms in total. The van der Waals surface area contributed by atoms with Crippen LogP contribution in [0.2, 0.25) is 0 Å². The van der Waals surface area contributed by atoms with Crippen LogP contribution in [-0.4, -0.2) is 46.9 Å². The fourth-order valence-electron chi connectivity index (χ4n) is 7.36. The van der Waals surface area contributed by atoms with Gasteiger partial charge in [-0.15, -0.1) is 0 Å². The third kappa shape index (κ3) is 43.7. The zero-order valence-electron chi connectivity index (χ0n) is 40.5. The van der Waals surface area contributed by atoms with Crippen LogP contribution in [0.4, 0.5) is 0 Å². The van der Waals surface area contributed by atoms with Gasteiger partial charge in [0.1, 0.15) is 6.10 Å². The molecule has 3 atom stereocenters. The van der Waals surface area contributed by atoms with Crippen LogP contribution in [0.25, 0.3) is 0 Å². The number of rotatable bonds is 45. The van der Waals surface area contributed by atoms with Crippen LogP contribution in [-0.2, 0) is 14.3 Å². The molecular formula is C56H97NO5. The van der Waals surface area contributed by atoms with E-state index >= 15 is 0 Å². The molecule has 0 aliphatic carbocycles. The van der Waals surface area contributed by atoms with Crippen molar-refractivity contribution in [2.45, 2.75) is 251 Å². The highest BCUT2D eigenvalue weighted by molar-refractivity contribution is 5.77. The van der Waals surface area contributed by atoms with E-state index in [1.54, 1.807) is 0 Å². The molecule has 0 rings (SSSR count). The van der Waals surface area contributed by atoms with Crippen LogP contribution < -0.4 is 5.32 Å². The van der Waals surface area contributed by atoms with Crippen molar-refractivity contribution in [3.05, 3.63) is 85.1 Å². The number of carbonyl (C=O) groups is 2. The Kier molecular flexibility index (Phi) is 46.7. The molecule has 1 amide bonds. The maximum atomic E-state index is 13.2. The summed E-state index contributed by atoms with van der Waals surface area (Å²) in [4.78, 5) is 26.1. The zero-order valence-corrected chi connectivity index (χ0v) is 40.5. The minimum absolute atomic E-state index is 0.0288. The summed E-state index contributed by atoms with van der Waals surface area (Å²) in [5.41, 5.74) is 0. The number of nitrogens with one attached hydrogen (secondary N) is 1. The third-order valence-corrected chi connectivity index (χ3v) is 11.3. The predicted octanol–water partition coefficient (Wildman–Crippen LogP) is 15.6. The number of unbranched alkanes of at least 4 members (excludes halogenated alkanes) is 21. The van der Waals surface area contributed by atoms with Gasteiger partial charge in [-0.05, 0) is 83.5 Å². The first kappa shape index (κ1) is 59.0. The number of carbonyl (C=O) groups excluding carboxylic acids is 2. The van der Waals surface area contributed by atoms with Gasteiger partial charge in [0.25, 0.3) is 0 Å². The van der Waals surface area contributed by atoms with Gasteiger partial charge in [0, 0.05) is 6.42 Å². The third-order valence-electron chi connectivity index (χ3n) is 11.3. The number of ether oxygens (including phenoxy) is 1. The van der Waals surface area contributed by atoms with Crippen LogP contribution >= 0.6 is 0 Å². The first-order valence-corrected chi connectivity index (χ1v) is 25.8. The lowest BCUT2D eigenvalue weighted by Crippen LogP contribution is -2.46. The van der Waals surface area contributed by atoms with Gasteiger partial charge in [-0.2, -0.15) is 0 Å². The van der Waals surface area contributed by atoms with E-state index in [1.165, 1.54) is 103 Å². The maximum absolute atomic E-state index is 13.2. The summed E-state index contributed by atoms with van der Waals surface area (Å²) in [7, 11) is 0. The topological polar surface area (TPSA) is 95.9 Å². The van der Waals surface area contributed by atoms with Crippen molar-refractivity contribution in [3.8, 4) is 0 Å². The van der Waals surface area contributed by atoms with Crippen molar-refractivity contribution in [2.75, 3.05) is 6.61 Å². The quantitative estimate of drug-likeness (QED) is 0.0245. The second-order valence-corrected chi connectivity index (χ2v) is 17.2. The van der Waals surface area contributed by atoms with Crippen molar-refractivity contribution in [2.24, 2.45) is 0 Å². The Morgan fingerprint density at radius 1 is 0.500 bits per heavy atom. The molecule has 356 valence electrons. The Morgan fingerprint density at radius 3 is 1.48 bits per heavy atom. The smallest absolute Gasteiger partial charge is 0.306 e. The van der Waals surface area contributed by atoms with E-state index in [4.69, 9.17) is 4.74 Å². The summed E-state index contributed by atoms with van der Waals surface area (Å²) in [6.07, 6.45) is 63.6. The van der Waals surface area contributed by atoms with Crippen molar-refractivity contribution in [1.29, 1.82) is 0 Å². The van der Waals surface area contributed by atoms with Gasteiger partial charge >= 0.3 is 5.97 Å². The first-order valence-electron chi connectivity index (χ1n) is 25.8. The number of esters is 1. The number of hydrogen-bond acceptors (Lipinski definition) is 5. The van der Waals surface area contributed by atoms with Crippen LogP contribution in [0, 0.1) is 0 Å². The van der Waals surface area contributed by atoms with Gasteiger partial charge in [0.15, 0.2) is 0 Å². The molecule has 0 radical (unpaired) electrons. The van der Waals surface area contributed by atoms with Crippen LogP contribution in [0.5, 0.6) is 0 Å². The number of aliphatic hydroxyl groups excluding tert-OH is 2. The van der Waals surface area contributed by atoms with Gasteiger partial charge in [-0.3, -0.25) is 9.59 Å². The maximum Gasteiger partial charge on any atom is 0.306 e. The SMILES string of the molecule is CC/C=C/C=C/C=C\CCCCCC(CC(=O)NC(CO)C(O)CCCCCCCCCCCCCCCCC)OC(=O)CCC/C=C\C/C=C\C/C=C\C/C=C\CCCCC. The van der Waals surface area contributed by atoms with E-state index in [1.807, 2.05) is 12.2 Å². The standard InChI is InChI=1S/C56H97NO5/c1-4-7-10-13-16-19-22-24-26-27-29-31-34-37-40-43-46-49-56(61)62-52(47-44-41-38-35-32-21-18-15-12-9-6-3)50-55(60)57-53(51-58)54(59)48-45-42-39-36-33-30-28-25-23-20-17-14-11-8-5-2/h9,12,15-16,18-19,21,24,26,29,31-32,37,40,52-54,58-59H,4-8,10-11,13-14,17,20,22-23,25,27-28,30,33-36,38-39,41-51H2,1-3H3,(H,57,60)/b12-9+,18-15+,19-16-,26-24-,31-29-,32-21-,40-37-. The van der Waals surface area contributed by atoms with E-state index in [0.29, 0.717) is 25.7 Å². The fourth-order valence-corrected chi connectivity index (χ4v) is 7.36. The lowest BCUT2D eigenvalue weighted by atomic mass is 10.0. The minimum Gasteiger partial charge on any atom is -0.462 e. The van der Waals surface area contributed by atoms with Gasteiger partial charge < -0.3 is 20.3 Å². The Labute approximate surface area is 383 Å².